The number of carbonyl (C=O) groups is 2. The van der Waals surface area contributed by atoms with Crippen molar-refractivity contribution in [3.8, 4) is 11.5 Å². The minimum absolute atomic E-state index is 0. The number of hydrogen-bond acceptors (Lipinski definition) is 5. The number of benzene rings is 1. The van der Waals surface area contributed by atoms with Crippen LogP contribution in [0.5, 0.6) is 11.5 Å². The lowest BCUT2D eigenvalue weighted by Crippen LogP contribution is -2.44. The third-order valence-corrected chi connectivity index (χ3v) is 4.05. The number of nitrogens with one attached hydrogen (secondary N) is 1. The van der Waals surface area contributed by atoms with Gasteiger partial charge in [0.05, 0.1) is 25.6 Å². The predicted molar refractivity (Wildman–Crippen MR) is 100 cm³/mol. The quantitative estimate of drug-likeness (QED) is 0.629. The van der Waals surface area contributed by atoms with Gasteiger partial charge in [0.15, 0.2) is 0 Å². The first kappa shape index (κ1) is 22.1. The van der Waals surface area contributed by atoms with Gasteiger partial charge in [-0.1, -0.05) is 0 Å². The molecule has 0 spiro atoms. The van der Waals surface area contributed by atoms with E-state index in [2.05, 4.69) is 5.32 Å². The summed E-state index contributed by atoms with van der Waals surface area (Å²) in [6.07, 6.45) is 1.49. The highest BCUT2D eigenvalue weighted by Gasteiger charge is 2.26. The summed E-state index contributed by atoms with van der Waals surface area (Å²) in [6, 6.07) is 7.33. The van der Waals surface area contributed by atoms with Gasteiger partial charge in [-0.2, -0.15) is 0 Å². The average Bonchev–Trinajstić information content (AvgIpc) is 2.60. The van der Waals surface area contributed by atoms with Gasteiger partial charge in [-0.25, -0.2) is 0 Å². The topological polar surface area (TPSA) is 88.1 Å². The van der Waals surface area contributed by atoms with Crippen LogP contribution in [-0.2, 0) is 9.59 Å². The van der Waals surface area contributed by atoms with Crippen LogP contribution in [0.4, 0.5) is 0 Å². The zero-order valence-electron chi connectivity index (χ0n) is 15.0. The molecule has 1 amide bonds. The Kier molecular flexibility index (Phi) is 9.83. The first-order valence-electron chi connectivity index (χ1n) is 8.66. The number of piperidine rings is 1. The molecule has 1 aromatic rings. The van der Waals surface area contributed by atoms with Gasteiger partial charge >= 0.3 is 5.97 Å². The summed E-state index contributed by atoms with van der Waals surface area (Å²) in [5.41, 5.74) is 0. The van der Waals surface area contributed by atoms with Gasteiger partial charge in [0.25, 0.3) is 0 Å². The van der Waals surface area contributed by atoms with E-state index in [1.54, 1.807) is 0 Å². The Morgan fingerprint density at radius 3 is 2.50 bits per heavy atom. The van der Waals surface area contributed by atoms with Crippen molar-refractivity contribution in [1.82, 2.24) is 10.2 Å². The normalized spacial score (nSPS) is 17.0. The lowest BCUT2D eigenvalue weighted by Gasteiger charge is -2.29. The van der Waals surface area contributed by atoms with Crippen LogP contribution in [0.15, 0.2) is 24.3 Å². The average molecular weight is 387 g/mol. The molecule has 1 unspecified atom stereocenters. The molecule has 1 aliphatic rings. The fourth-order valence-corrected chi connectivity index (χ4v) is 2.82. The van der Waals surface area contributed by atoms with E-state index in [1.807, 2.05) is 36.1 Å². The Labute approximate surface area is 160 Å². The van der Waals surface area contributed by atoms with E-state index in [9.17, 15) is 9.59 Å². The van der Waals surface area contributed by atoms with Crippen LogP contribution < -0.4 is 14.8 Å². The molecule has 0 aliphatic carbocycles. The second-order valence-corrected chi connectivity index (χ2v) is 6.02. The van der Waals surface area contributed by atoms with Crippen molar-refractivity contribution in [3.63, 3.8) is 0 Å². The van der Waals surface area contributed by atoms with E-state index in [-0.39, 0.29) is 30.8 Å². The molecule has 1 aromatic carbocycles. The lowest BCUT2D eigenvalue weighted by molar-refractivity contribution is -0.144. The van der Waals surface area contributed by atoms with Crippen LogP contribution in [0.25, 0.3) is 0 Å². The molecule has 1 fully saturated rings. The molecule has 8 heteroatoms. The smallest absolute Gasteiger partial charge is 0.307 e. The Morgan fingerprint density at radius 1 is 1.23 bits per heavy atom. The van der Waals surface area contributed by atoms with E-state index >= 15 is 0 Å². The Morgan fingerprint density at radius 2 is 1.88 bits per heavy atom. The molecule has 0 aromatic heterocycles. The molecule has 1 heterocycles. The first-order valence-corrected chi connectivity index (χ1v) is 8.66. The monoisotopic (exact) mass is 386 g/mol. The Bertz CT molecular complexity index is 567. The molecule has 0 saturated carbocycles. The summed E-state index contributed by atoms with van der Waals surface area (Å²) in [4.78, 5) is 24.9. The highest BCUT2D eigenvalue weighted by molar-refractivity contribution is 5.85. The third-order valence-electron chi connectivity index (χ3n) is 4.05. The van der Waals surface area contributed by atoms with Gasteiger partial charge in [0.2, 0.25) is 5.91 Å². The third kappa shape index (κ3) is 7.49. The predicted octanol–water partition coefficient (Wildman–Crippen LogP) is 1.80. The second-order valence-electron chi connectivity index (χ2n) is 6.02. The molecule has 0 bridgehead atoms. The number of carboxylic acid groups (broad SMARTS) is 1. The number of halogens is 1. The summed E-state index contributed by atoms with van der Waals surface area (Å²) in [5, 5.41) is 11.9. The number of ether oxygens (including phenoxy) is 2. The van der Waals surface area contributed by atoms with Gasteiger partial charge in [0, 0.05) is 6.54 Å². The van der Waals surface area contributed by atoms with Crippen molar-refractivity contribution in [2.75, 3.05) is 39.4 Å². The minimum atomic E-state index is -0.783. The summed E-state index contributed by atoms with van der Waals surface area (Å²) in [7, 11) is 0. The van der Waals surface area contributed by atoms with Gasteiger partial charge in [-0.15, -0.1) is 12.4 Å². The molecule has 0 radical (unpaired) electrons. The van der Waals surface area contributed by atoms with Crippen molar-refractivity contribution in [1.29, 1.82) is 0 Å². The number of rotatable bonds is 9. The standard InChI is InChI=1S/C18H26N2O5.ClH/c1-2-24-15-5-7-16(8-6-15)25-11-9-19-17(21)13-20-10-3-4-14(12-20)18(22)23;/h5-8,14H,2-4,9-13H2,1H3,(H,19,21)(H,22,23);1H. The maximum atomic E-state index is 11.9. The summed E-state index contributed by atoms with van der Waals surface area (Å²) in [5.74, 6) is 0.252. The van der Waals surface area contributed by atoms with E-state index in [0.29, 0.717) is 32.7 Å². The van der Waals surface area contributed by atoms with E-state index < -0.39 is 5.97 Å². The summed E-state index contributed by atoms with van der Waals surface area (Å²) >= 11 is 0. The molecule has 2 rings (SSSR count). The van der Waals surface area contributed by atoms with E-state index in [1.165, 1.54) is 0 Å². The molecular weight excluding hydrogens is 360 g/mol. The molecule has 1 saturated heterocycles. The van der Waals surface area contributed by atoms with Crippen LogP contribution in [-0.4, -0.2) is 61.3 Å². The van der Waals surface area contributed by atoms with Crippen LogP contribution in [0.1, 0.15) is 19.8 Å². The number of carboxylic acids is 1. The van der Waals surface area contributed by atoms with E-state index in [0.717, 1.165) is 24.5 Å². The van der Waals surface area contributed by atoms with Crippen LogP contribution >= 0.6 is 12.4 Å². The SMILES string of the molecule is CCOc1ccc(OCCNC(=O)CN2CCCC(C(=O)O)C2)cc1.Cl. The molecule has 7 nitrogen and oxygen atoms in total. The molecule has 1 atom stereocenters. The number of aliphatic carboxylic acids is 1. The number of likely N-dealkylation sites (tertiary alicyclic amines) is 1. The van der Waals surface area contributed by atoms with Gasteiger partial charge < -0.3 is 19.9 Å². The molecule has 26 heavy (non-hydrogen) atoms. The van der Waals surface area contributed by atoms with Crippen molar-refractivity contribution >= 4 is 24.3 Å². The van der Waals surface area contributed by atoms with E-state index in [4.69, 9.17) is 14.6 Å². The molecule has 1 aliphatic heterocycles. The lowest BCUT2D eigenvalue weighted by atomic mass is 9.98. The number of carbonyl (C=O) groups excluding carboxylic acids is 1. The molecule has 146 valence electrons. The highest BCUT2D eigenvalue weighted by Crippen LogP contribution is 2.17. The first-order chi connectivity index (χ1) is 12.1. The van der Waals surface area contributed by atoms with Crippen molar-refractivity contribution in [3.05, 3.63) is 24.3 Å². The van der Waals surface area contributed by atoms with Gasteiger partial charge in [-0.3, -0.25) is 14.5 Å². The maximum absolute atomic E-state index is 11.9. The summed E-state index contributed by atoms with van der Waals surface area (Å²) in [6.45, 7) is 4.76. The largest absolute Gasteiger partial charge is 0.494 e. The zero-order valence-corrected chi connectivity index (χ0v) is 15.8. The van der Waals surface area contributed by atoms with Crippen LogP contribution in [0.2, 0.25) is 0 Å². The van der Waals surface area contributed by atoms with Crippen molar-refractivity contribution in [2.24, 2.45) is 5.92 Å². The molecular formula is C18H27ClN2O5. The van der Waals surface area contributed by atoms with Gasteiger partial charge in [0.1, 0.15) is 18.1 Å². The Hall–Kier alpha value is -1.99. The van der Waals surface area contributed by atoms with Gasteiger partial charge in [-0.05, 0) is 50.6 Å². The van der Waals surface area contributed by atoms with Crippen molar-refractivity contribution < 1.29 is 24.2 Å². The number of nitrogens with zero attached hydrogens (tertiary/aromatic N) is 1. The fraction of sp³-hybridized carbons (Fsp3) is 0.556. The summed E-state index contributed by atoms with van der Waals surface area (Å²) < 4.78 is 10.9. The van der Waals surface area contributed by atoms with Crippen LogP contribution in [0, 0.1) is 5.92 Å². The highest BCUT2D eigenvalue weighted by atomic mass is 35.5. The number of amides is 1. The zero-order chi connectivity index (χ0) is 18.1. The van der Waals surface area contributed by atoms with Crippen molar-refractivity contribution in [2.45, 2.75) is 19.8 Å². The number of hydrogen-bond donors (Lipinski definition) is 2. The fourth-order valence-electron chi connectivity index (χ4n) is 2.82. The second kappa shape index (κ2) is 11.6. The van der Waals surface area contributed by atoms with Crippen LogP contribution in [0.3, 0.4) is 0 Å². The minimum Gasteiger partial charge on any atom is -0.494 e. The Balaban J connectivity index is 0.00000338. The maximum Gasteiger partial charge on any atom is 0.307 e. The molecule has 2 N–H and O–H groups in total.